The molecule has 1 aromatic carbocycles. The molecule has 0 aliphatic rings. The summed E-state index contributed by atoms with van der Waals surface area (Å²) in [6, 6.07) is 7.42. The van der Waals surface area contributed by atoms with Crippen molar-refractivity contribution < 1.29 is 18.8 Å². The highest BCUT2D eigenvalue weighted by Gasteiger charge is 2.21. The minimum absolute atomic E-state index is 0.0213. The number of halogens is 1. The maximum absolute atomic E-state index is 13.9. The van der Waals surface area contributed by atoms with E-state index in [1.807, 2.05) is 6.92 Å². The van der Waals surface area contributed by atoms with Crippen molar-refractivity contribution in [2.75, 3.05) is 0 Å². The van der Waals surface area contributed by atoms with Crippen LogP contribution in [0.15, 0.2) is 34.9 Å². The third kappa shape index (κ3) is 2.32. The van der Waals surface area contributed by atoms with Gasteiger partial charge in [-0.25, -0.2) is 14.2 Å². The van der Waals surface area contributed by atoms with E-state index in [0.29, 0.717) is 17.5 Å². The van der Waals surface area contributed by atoms with Crippen molar-refractivity contribution in [1.29, 1.82) is 0 Å². The predicted molar refractivity (Wildman–Crippen MR) is 78.2 cm³/mol. The number of fused-ring (bicyclic) bond motifs is 1. The smallest absolute Gasteiger partial charge is 0.336 e. The van der Waals surface area contributed by atoms with Gasteiger partial charge < -0.3 is 9.63 Å². The van der Waals surface area contributed by atoms with Gasteiger partial charge in [-0.15, -0.1) is 0 Å². The van der Waals surface area contributed by atoms with Crippen LogP contribution in [-0.4, -0.2) is 21.2 Å². The first-order valence-electron chi connectivity index (χ1n) is 6.89. The van der Waals surface area contributed by atoms with Crippen LogP contribution in [0.2, 0.25) is 0 Å². The first-order chi connectivity index (χ1) is 10.6. The normalized spacial score (nSPS) is 11.0. The lowest BCUT2D eigenvalue weighted by molar-refractivity contribution is 0.0699. The van der Waals surface area contributed by atoms with E-state index in [1.165, 1.54) is 12.1 Å². The Bertz CT molecular complexity index is 858. The van der Waals surface area contributed by atoms with Gasteiger partial charge in [0.05, 0.1) is 22.3 Å². The van der Waals surface area contributed by atoms with Gasteiger partial charge in [0.25, 0.3) is 5.71 Å². The van der Waals surface area contributed by atoms with Crippen molar-refractivity contribution in [3.8, 4) is 11.3 Å². The molecule has 5 nitrogen and oxygen atoms in total. The summed E-state index contributed by atoms with van der Waals surface area (Å²) in [5.41, 5.74) is 1.12. The Morgan fingerprint density at radius 1 is 1.36 bits per heavy atom. The van der Waals surface area contributed by atoms with Gasteiger partial charge in [-0.2, -0.15) is 0 Å². The number of aryl methyl sites for hydroxylation is 1. The van der Waals surface area contributed by atoms with Crippen molar-refractivity contribution in [2.45, 2.75) is 19.8 Å². The Balaban J connectivity index is 2.28. The number of pyridine rings is 1. The molecule has 0 amide bonds. The van der Waals surface area contributed by atoms with Crippen LogP contribution in [0.4, 0.5) is 4.39 Å². The molecule has 0 radical (unpaired) electrons. The molecular formula is C16H13FN2O3. The molecule has 0 saturated carbocycles. The topological polar surface area (TPSA) is 76.2 Å². The fraction of sp³-hybridized carbons (Fsp3) is 0.188. The van der Waals surface area contributed by atoms with E-state index >= 15 is 0 Å². The molecule has 22 heavy (non-hydrogen) atoms. The van der Waals surface area contributed by atoms with Crippen LogP contribution < -0.4 is 0 Å². The van der Waals surface area contributed by atoms with Crippen LogP contribution >= 0.6 is 0 Å². The minimum atomic E-state index is -1.12. The highest BCUT2D eigenvalue weighted by Crippen LogP contribution is 2.29. The van der Waals surface area contributed by atoms with Crippen molar-refractivity contribution >= 4 is 17.1 Å². The van der Waals surface area contributed by atoms with Gasteiger partial charge in [-0.05, 0) is 24.6 Å². The lowest BCUT2D eigenvalue weighted by Crippen LogP contribution is -2.01. The lowest BCUT2D eigenvalue weighted by Gasteiger charge is -2.05. The molecule has 0 aliphatic carbocycles. The van der Waals surface area contributed by atoms with Crippen molar-refractivity contribution in [3.05, 3.63) is 47.4 Å². The van der Waals surface area contributed by atoms with Gasteiger partial charge in [0.15, 0.2) is 0 Å². The van der Waals surface area contributed by atoms with E-state index in [2.05, 4.69) is 10.1 Å². The summed E-state index contributed by atoms with van der Waals surface area (Å²) in [6.07, 6.45) is 1.39. The van der Waals surface area contributed by atoms with Crippen LogP contribution in [0.5, 0.6) is 0 Å². The van der Waals surface area contributed by atoms with Crippen LogP contribution in [0.3, 0.4) is 0 Å². The minimum Gasteiger partial charge on any atom is -0.478 e. The van der Waals surface area contributed by atoms with E-state index in [-0.39, 0.29) is 22.5 Å². The summed E-state index contributed by atoms with van der Waals surface area (Å²) < 4.78 is 19.0. The quantitative estimate of drug-likeness (QED) is 0.795. The van der Waals surface area contributed by atoms with Gasteiger partial charge in [-0.1, -0.05) is 30.6 Å². The molecule has 0 saturated heterocycles. The number of carboxylic acids is 1. The molecule has 112 valence electrons. The molecule has 3 rings (SSSR count). The van der Waals surface area contributed by atoms with Crippen molar-refractivity contribution in [2.24, 2.45) is 0 Å². The number of rotatable bonds is 4. The summed E-state index contributed by atoms with van der Waals surface area (Å²) in [7, 11) is 0. The number of aromatic nitrogens is 2. The monoisotopic (exact) mass is 300 g/mol. The zero-order valence-electron chi connectivity index (χ0n) is 11.8. The van der Waals surface area contributed by atoms with Gasteiger partial charge >= 0.3 is 5.97 Å². The van der Waals surface area contributed by atoms with Crippen LogP contribution in [0.25, 0.3) is 22.4 Å². The largest absolute Gasteiger partial charge is 0.478 e. The van der Waals surface area contributed by atoms with Crippen molar-refractivity contribution in [1.82, 2.24) is 10.1 Å². The standard InChI is InChI=1S/C16H13FN2O3/c1-2-5-12-14-10(16(20)21)8-13(18-15(14)22-19-12)9-6-3-4-7-11(9)17/h3-4,6-8H,2,5H2,1H3,(H,20,21). The number of aromatic carboxylic acids is 1. The highest BCUT2D eigenvalue weighted by atomic mass is 19.1. The molecule has 0 unspecified atom stereocenters. The third-order valence-corrected chi connectivity index (χ3v) is 3.38. The van der Waals surface area contributed by atoms with Crippen LogP contribution in [-0.2, 0) is 6.42 Å². The fourth-order valence-electron chi connectivity index (χ4n) is 2.39. The lowest BCUT2D eigenvalue weighted by atomic mass is 10.0. The molecule has 0 bridgehead atoms. The van der Waals surface area contributed by atoms with E-state index < -0.39 is 11.8 Å². The molecule has 0 fully saturated rings. The summed E-state index contributed by atoms with van der Waals surface area (Å²) >= 11 is 0. The molecule has 3 aromatic rings. The third-order valence-electron chi connectivity index (χ3n) is 3.38. The molecule has 0 atom stereocenters. The Hall–Kier alpha value is -2.76. The van der Waals surface area contributed by atoms with E-state index in [4.69, 9.17) is 4.52 Å². The Labute approximate surface area is 125 Å². The molecule has 6 heteroatoms. The van der Waals surface area contributed by atoms with Gasteiger partial charge in [0.2, 0.25) is 0 Å². The Morgan fingerprint density at radius 2 is 2.14 bits per heavy atom. The number of hydrogen-bond donors (Lipinski definition) is 1. The number of carboxylic acid groups (broad SMARTS) is 1. The summed E-state index contributed by atoms with van der Waals surface area (Å²) in [4.78, 5) is 15.8. The first-order valence-corrected chi connectivity index (χ1v) is 6.89. The number of benzene rings is 1. The molecule has 0 aliphatic heterocycles. The summed E-state index contributed by atoms with van der Waals surface area (Å²) in [6.45, 7) is 1.96. The Kier molecular flexibility index (Phi) is 3.58. The maximum atomic E-state index is 13.9. The van der Waals surface area contributed by atoms with E-state index in [0.717, 1.165) is 6.42 Å². The zero-order valence-corrected chi connectivity index (χ0v) is 11.8. The Morgan fingerprint density at radius 3 is 2.82 bits per heavy atom. The average Bonchev–Trinajstić information content (AvgIpc) is 2.90. The molecule has 2 heterocycles. The van der Waals surface area contributed by atoms with Gasteiger partial charge in [0.1, 0.15) is 5.82 Å². The number of nitrogens with zero attached hydrogens (tertiary/aromatic N) is 2. The second-order valence-electron chi connectivity index (χ2n) is 4.90. The fourth-order valence-corrected chi connectivity index (χ4v) is 2.39. The van der Waals surface area contributed by atoms with Gasteiger partial charge in [0, 0.05) is 5.56 Å². The first kappa shape index (κ1) is 14.2. The second kappa shape index (κ2) is 5.55. The maximum Gasteiger partial charge on any atom is 0.336 e. The SMILES string of the molecule is CCCc1noc2nc(-c3ccccc3F)cc(C(=O)O)c12. The predicted octanol–water partition coefficient (Wildman–Crippen LogP) is 3.68. The number of hydrogen-bond acceptors (Lipinski definition) is 4. The van der Waals surface area contributed by atoms with Crippen LogP contribution in [0.1, 0.15) is 29.4 Å². The molecule has 0 spiro atoms. The molecular weight excluding hydrogens is 287 g/mol. The van der Waals surface area contributed by atoms with E-state index in [1.54, 1.807) is 18.2 Å². The summed E-state index contributed by atoms with van der Waals surface area (Å²) in [5, 5.41) is 13.7. The van der Waals surface area contributed by atoms with Crippen LogP contribution in [0, 0.1) is 5.82 Å². The second-order valence-corrected chi connectivity index (χ2v) is 4.90. The van der Waals surface area contributed by atoms with Crippen molar-refractivity contribution in [3.63, 3.8) is 0 Å². The molecule has 1 N–H and O–H groups in total. The average molecular weight is 300 g/mol. The van der Waals surface area contributed by atoms with E-state index in [9.17, 15) is 14.3 Å². The zero-order chi connectivity index (χ0) is 15.7. The highest BCUT2D eigenvalue weighted by molar-refractivity contribution is 6.03. The summed E-state index contributed by atoms with van der Waals surface area (Å²) in [5.74, 6) is -1.59. The number of carbonyl (C=O) groups is 1. The molecule has 2 aromatic heterocycles. The van der Waals surface area contributed by atoms with Gasteiger partial charge in [-0.3, -0.25) is 0 Å².